The molecule has 1 fully saturated rings. The first kappa shape index (κ1) is 13.0. The van der Waals surface area contributed by atoms with Gasteiger partial charge in [0.2, 0.25) is 5.91 Å². The molecule has 2 aliphatic heterocycles. The Bertz CT molecular complexity index is 571. The van der Waals surface area contributed by atoms with Gasteiger partial charge in [-0.05, 0) is 25.5 Å². The highest BCUT2D eigenvalue weighted by molar-refractivity contribution is 6.00. The van der Waals surface area contributed by atoms with E-state index in [0.29, 0.717) is 6.42 Å². The third kappa shape index (κ3) is 1.94. The molecule has 3 atom stereocenters. The summed E-state index contributed by atoms with van der Waals surface area (Å²) in [4.78, 5) is 24.3. The fraction of sp³-hybridized carbons (Fsp3) is 0.467. The van der Waals surface area contributed by atoms with Crippen molar-refractivity contribution in [3.8, 4) is 5.75 Å². The maximum Gasteiger partial charge on any atom is 0.319 e. The molecule has 5 nitrogen and oxygen atoms in total. The number of rotatable bonds is 2. The van der Waals surface area contributed by atoms with E-state index in [1.54, 1.807) is 6.92 Å². The Morgan fingerprint density at radius 3 is 3.00 bits per heavy atom. The summed E-state index contributed by atoms with van der Waals surface area (Å²) in [6.07, 6.45) is 0.569. The third-order valence-corrected chi connectivity index (χ3v) is 3.88. The van der Waals surface area contributed by atoms with Crippen LogP contribution >= 0.6 is 0 Å². The van der Waals surface area contributed by atoms with Crippen LogP contribution in [0, 0.1) is 5.92 Å². The molecule has 5 heteroatoms. The maximum atomic E-state index is 12.2. The number of nitrogens with one attached hydrogen (secondary N) is 1. The Labute approximate surface area is 117 Å². The van der Waals surface area contributed by atoms with Crippen molar-refractivity contribution < 1.29 is 19.1 Å². The number of esters is 1. The maximum absolute atomic E-state index is 12.2. The number of carbonyl (C=O) groups is 2. The van der Waals surface area contributed by atoms with Crippen LogP contribution in [0.4, 0.5) is 0 Å². The van der Waals surface area contributed by atoms with E-state index >= 15 is 0 Å². The van der Waals surface area contributed by atoms with Crippen LogP contribution in [0.2, 0.25) is 0 Å². The zero-order valence-electron chi connectivity index (χ0n) is 11.5. The lowest BCUT2D eigenvalue weighted by Crippen LogP contribution is -2.62. The quantitative estimate of drug-likeness (QED) is 0.657. The Kier molecular flexibility index (Phi) is 2.92. The summed E-state index contributed by atoms with van der Waals surface area (Å²) < 4.78 is 10.9. The lowest BCUT2D eigenvalue weighted by molar-refractivity contribution is -0.160. The monoisotopic (exact) mass is 275 g/mol. The van der Waals surface area contributed by atoms with Gasteiger partial charge in [0.25, 0.3) is 0 Å². The first-order chi connectivity index (χ1) is 9.54. The summed E-state index contributed by atoms with van der Waals surface area (Å²) in [5, 5.41) is 2.79. The molecule has 20 heavy (non-hydrogen) atoms. The molecule has 1 aromatic rings. The van der Waals surface area contributed by atoms with Crippen molar-refractivity contribution in [2.45, 2.75) is 31.9 Å². The van der Waals surface area contributed by atoms with Gasteiger partial charge in [0.05, 0.1) is 6.61 Å². The summed E-state index contributed by atoms with van der Waals surface area (Å²) in [5.74, 6) is -1.06. The molecule has 2 aliphatic rings. The van der Waals surface area contributed by atoms with E-state index in [9.17, 15) is 9.59 Å². The Hall–Kier alpha value is -2.04. The Balaban J connectivity index is 2.04. The average Bonchev–Trinajstić information content (AvgIpc) is 2.37. The molecule has 2 heterocycles. The Morgan fingerprint density at radius 1 is 1.50 bits per heavy atom. The van der Waals surface area contributed by atoms with Gasteiger partial charge in [-0.1, -0.05) is 18.2 Å². The highest BCUT2D eigenvalue weighted by atomic mass is 16.5. The molecule has 3 rings (SSSR count). The van der Waals surface area contributed by atoms with E-state index in [4.69, 9.17) is 9.47 Å². The van der Waals surface area contributed by atoms with Gasteiger partial charge in [0, 0.05) is 12.3 Å². The lowest BCUT2D eigenvalue weighted by Gasteiger charge is -2.46. The summed E-state index contributed by atoms with van der Waals surface area (Å²) >= 11 is 0. The van der Waals surface area contributed by atoms with Gasteiger partial charge < -0.3 is 14.8 Å². The van der Waals surface area contributed by atoms with Gasteiger partial charge in [-0.2, -0.15) is 0 Å². The normalized spacial score (nSPS) is 30.8. The van der Waals surface area contributed by atoms with E-state index in [2.05, 4.69) is 5.32 Å². The second-order valence-corrected chi connectivity index (χ2v) is 5.40. The van der Waals surface area contributed by atoms with Crippen LogP contribution in [0.1, 0.15) is 31.7 Å². The smallest absolute Gasteiger partial charge is 0.319 e. The van der Waals surface area contributed by atoms with E-state index in [0.717, 1.165) is 11.3 Å². The number of piperidine rings is 1. The average molecular weight is 275 g/mol. The summed E-state index contributed by atoms with van der Waals surface area (Å²) in [7, 11) is 0. The van der Waals surface area contributed by atoms with Crippen LogP contribution in [0.5, 0.6) is 5.75 Å². The Morgan fingerprint density at radius 2 is 2.25 bits per heavy atom. The minimum atomic E-state index is -0.798. The molecule has 0 radical (unpaired) electrons. The highest BCUT2D eigenvalue weighted by Crippen LogP contribution is 2.46. The first-order valence-electron chi connectivity index (χ1n) is 6.80. The van der Waals surface area contributed by atoms with Crippen molar-refractivity contribution in [2.24, 2.45) is 5.92 Å². The van der Waals surface area contributed by atoms with Crippen LogP contribution in [0.25, 0.3) is 0 Å². The highest BCUT2D eigenvalue weighted by Gasteiger charge is 2.52. The summed E-state index contributed by atoms with van der Waals surface area (Å²) in [5.41, 5.74) is 0.150. The molecule has 0 saturated carbocycles. The number of para-hydroxylation sites is 1. The van der Waals surface area contributed by atoms with E-state index in [1.165, 1.54) is 0 Å². The molecule has 0 spiro atoms. The number of ether oxygens (including phenoxy) is 2. The van der Waals surface area contributed by atoms with Gasteiger partial charge in [0.15, 0.2) is 5.72 Å². The summed E-state index contributed by atoms with van der Waals surface area (Å²) in [6.45, 7) is 3.83. The number of carbonyl (C=O) groups excluding carboxylic acids is 2. The number of fused-ring (bicyclic) bond motifs is 4. The van der Waals surface area contributed by atoms with Crippen LogP contribution in [-0.2, 0) is 14.3 Å². The third-order valence-electron chi connectivity index (χ3n) is 3.88. The van der Waals surface area contributed by atoms with E-state index in [-0.39, 0.29) is 18.4 Å². The number of benzene rings is 1. The van der Waals surface area contributed by atoms with Crippen molar-refractivity contribution in [3.05, 3.63) is 29.8 Å². The van der Waals surface area contributed by atoms with Crippen LogP contribution in [-0.4, -0.2) is 24.2 Å². The molecule has 2 bridgehead atoms. The van der Waals surface area contributed by atoms with Crippen molar-refractivity contribution in [1.29, 1.82) is 0 Å². The molecule has 1 amide bonds. The van der Waals surface area contributed by atoms with Crippen LogP contribution in [0.3, 0.4) is 0 Å². The fourth-order valence-electron chi connectivity index (χ4n) is 3.09. The molecule has 1 aromatic carbocycles. The molecule has 106 valence electrons. The van der Waals surface area contributed by atoms with Gasteiger partial charge >= 0.3 is 5.97 Å². The minimum Gasteiger partial charge on any atom is -0.468 e. The van der Waals surface area contributed by atoms with Gasteiger partial charge in [-0.15, -0.1) is 0 Å². The van der Waals surface area contributed by atoms with Crippen molar-refractivity contribution >= 4 is 11.9 Å². The largest absolute Gasteiger partial charge is 0.468 e. The summed E-state index contributed by atoms with van der Waals surface area (Å²) in [6, 6.07) is 7.54. The van der Waals surface area contributed by atoms with Crippen LogP contribution < -0.4 is 10.1 Å². The van der Waals surface area contributed by atoms with Crippen LogP contribution in [0.15, 0.2) is 24.3 Å². The number of hydrogen-bond acceptors (Lipinski definition) is 4. The second-order valence-electron chi connectivity index (χ2n) is 5.40. The molecular weight excluding hydrogens is 258 g/mol. The fourth-order valence-corrected chi connectivity index (χ4v) is 3.09. The van der Waals surface area contributed by atoms with E-state index < -0.39 is 17.6 Å². The zero-order valence-corrected chi connectivity index (χ0v) is 11.5. The molecule has 0 aromatic heterocycles. The predicted octanol–water partition coefficient (Wildman–Crippen LogP) is 1.58. The van der Waals surface area contributed by atoms with Crippen molar-refractivity contribution in [1.82, 2.24) is 5.32 Å². The van der Waals surface area contributed by atoms with Crippen molar-refractivity contribution in [3.63, 3.8) is 0 Å². The SMILES string of the molecule is CCOC(=O)[C@H]1C(=O)N[C@]2(C)C[C@@H]1c1ccccc1O2. The second kappa shape index (κ2) is 4.51. The number of amides is 1. The molecule has 1 N–H and O–H groups in total. The molecule has 1 saturated heterocycles. The number of hydrogen-bond donors (Lipinski definition) is 1. The predicted molar refractivity (Wildman–Crippen MR) is 71.1 cm³/mol. The molecular formula is C15H17NO4. The lowest BCUT2D eigenvalue weighted by atomic mass is 9.75. The van der Waals surface area contributed by atoms with Gasteiger partial charge in [0.1, 0.15) is 11.7 Å². The molecule has 0 unspecified atom stereocenters. The topological polar surface area (TPSA) is 64.6 Å². The zero-order chi connectivity index (χ0) is 14.3. The first-order valence-corrected chi connectivity index (χ1v) is 6.80. The standard InChI is InChI=1S/C15H17NO4/c1-3-19-14(18)12-10-8-15(2,16-13(12)17)20-11-7-5-4-6-9(10)11/h4-7,10,12H,3,8H2,1-2H3,(H,16,17)/t10-,12-,15+/m1/s1. The minimum absolute atomic E-state index is 0.197. The molecule has 0 aliphatic carbocycles. The van der Waals surface area contributed by atoms with Gasteiger partial charge in [-0.3, -0.25) is 9.59 Å². The van der Waals surface area contributed by atoms with E-state index in [1.807, 2.05) is 31.2 Å². The van der Waals surface area contributed by atoms with Crippen molar-refractivity contribution in [2.75, 3.05) is 6.61 Å². The van der Waals surface area contributed by atoms with Gasteiger partial charge in [-0.25, -0.2) is 0 Å².